The second-order valence-electron chi connectivity index (χ2n) is 3.99. The summed E-state index contributed by atoms with van der Waals surface area (Å²) in [5, 5.41) is 2.90. The third-order valence-corrected chi connectivity index (χ3v) is 3.75. The minimum absolute atomic E-state index is 0.0803. The average molecular weight is 384 g/mol. The Labute approximate surface area is 128 Å². The number of nitrogens with one attached hydrogen (secondary N) is 1. The number of hydrogen-bond donors (Lipinski definition) is 1. The molecule has 0 aliphatic carbocycles. The van der Waals surface area contributed by atoms with Gasteiger partial charge in [0.25, 0.3) is 5.91 Å². The lowest BCUT2D eigenvalue weighted by Gasteiger charge is -2.07. The number of aromatic nitrogens is 1. The smallest absolute Gasteiger partial charge is 0.252 e. The lowest BCUT2D eigenvalue weighted by Crippen LogP contribution is -2.26. The van der Waals surface area contributed by atoms with E-state index in [-0.39, 0.29) is 5.91 Å². The summed E-state index contributed by atoms with van der Waals surface area (Å²) in [5.41, 5.74) is 1.74. The Bertz CT molecular complexity index is 573. The number of pyridine rings is 1. The van der Waals surface area contributed by atoms with Crippen LogP contribution in [0.5, 0.6) is 0 Å². The van der Waals surface area contributed by atoms with Gasteiger partial charge in [-0.25, -0.2) is 0 Å². The van der Waals surface area contributed by atoms with Crippen LogP contribution in [-0.2, 0) is 6.42 Å². The highest BCUT2D eigenvalue weighted by Gasteiger charge is 2.09. The lowest BCUT2D eigenvalue weighted by atomic mass is 10.2. The quantitative estimate of drug-likeness (QED) is 0.876. The van der Waals surface area contributed by atoms with E-state index in [9.17, 15) is 4.79 Å². The van der Waals surface area contributed by atoms with E-state index in [0.717, 1.165) is 20.9 Å². The van der Waals surface area contributed by atoms with Crippen molar-refractivity contribution < 1.29 is 4.79 Å². The fourth-order valence-electron chi connectivity index (χ4n) is 1.64. The number of hydrogen-bond acceptors (Lipinski definition) is 2. The molecule has 1 amide bonds. The molecule has 2 rings (SSSR count). The summed E-state index contributed by atoms with van der Waals surface area (Å²) >= 11 is 6.74. The lowest BCUT2D eigenvalue weighted by molar-refractivity contribution is 0.0953. The van der Waals surface area contributed by atoms with Gasteiger partial charge >= 0.3 is 0 Å². The van der Waals surface area contributed by atoms with Crippen molar-refractivity contribution in [2.75, 3.05) is 6.54 Å². The van der Waals surface area contributed by atoms with Crippen molar-refractivity contribution in [2.45, 2.75) is 6.42 Å². The third kappa shape index (κ3) is 4.14. The number of carbonyl (C=O) groups excluding carboxylic acids is 1. The first-order chi connectivity index (χ1) is 9.16. The first-order valence-corrected chi connectivity index (χ1v) is 7.37. The van der Waals surface area contributed by atoms with Crippen molar-refractivity contribution in [3.8, 4) is 0 Å². The van der Waals surface area contributed by atoms with Crippen LogP contribution in [0.25, 0.3) is 0 Å². The summed E-state index contributed by atoms with van der Waals surface area (Å²) in [5.74, 6) is -0.0803. The summed E-state index contributed by atoms with van der Waals surface area (Å²) in [6.07, 6.45) is 4.32. The van der Waals surface area contributed by atoms with Crippen LogP contribution in [0, 0.1) is 0 Å². The molecule has 1 N–H and O–H groups in total. The predicted molar refractivity (Wildman–Crippen MR) is 82.1 cm³/mol. The molecular formula is C14H12Br2N2O. The van der Waals surface area contributed by atoms with E-state index in [4.69, 9.17) is 0 Å². The van der Waals surface area contributed by atoms with Crippen molar-refractivity contribution in [3.63, 3.8) is 0 Å². The van der Waals surface area contributed by atoms with Gasteiger partial charge in [0.1, 0.15) is 0 Å². The van der Waals surface area contributed by atoms with Crippen molar-refractivity contribution in [2.24, 2.45) is 0 Å². The minimum atomic E-state index is -0.0803. The summed E-state index contributed by atoms with van der Waals surface area (Å²) in [6.45, 7) is 0.590. The van der Waals surface area contributed by atoms with Crippen LogP contribution in [0.15, 0.2) is 51.7 Å². The molecule has 0 fully saturated rings. The van der Waals surface area contributed by atoms with Gasteiger partial charge in [0.05, 0.1) is 5.56 Å². The predicted octanol–water partition coefficient (Wildman–Crippen LogP) is 3.58. The van der Waals surface area contributed by atoms with Crippen LogP contribution in [0.2, 0.25) is 0 Å². The Morgan fingerprint density at radius 3 is 2.79 bits per heavy atom. The molecule has 0 saturated carbocycles. The highest BCUT2D eigenvalue weighted by Crippen LogP contribution is 2.21. The summed E-state index contributed by atoms with van der Waals surface area (Å²) in [6, 6.07) is 9.38. The number of halogens is 2. The molecule has 3 nitrogen and oxygen atoms in total. The number of rotatable bonds is 4. The molecule has 0 aliphatic heterocycles. The molecule has 0 atom stereocenters. The molecule has 2 aromatic rings. The molecule has 1 heterocycles. The number of nitrogens with zero attached hydrogens (tertiary/aromatic N) is 1. The van der Waals surface area contributed by atoms with Gasteiger partial charge in [-0.15, -0.1) is 0 Å². The molecule has 0 aliphatic rings. The van der Waals surface area contributed by atoms with E-state index in [0.29, 0.717) is 12.1 Å². The zero-order valence-electron chi connectivity index (χ0n) is 10.1. The van der Waals surface area contributed by atoms with Crippen molar-refractivity contribution >= 4 is 37.8 Å². The normalized spacial score (nSPS) is 10.2. The highest BCUT2D eigenvalue weighted by molar-refractivity contribution is 9.11. The molecule has 1 aromatic carbocycles. The average Bonchev–Trinajstić information content (AvgIpc) is 2.39. The SMILES string of the molecule is O=C(NCCc1cccnc1)c1ccc(Br)cc1Br. The van der Waals surface area contributed by atoms with Gasteiger partial charge in [0, 0.05) is 27.9 Å². The highest BCUT2D eigenvalue weighted by atomic mass is 79.9. The molecule has 1 aromatic heterocycles. The van der Waals surface area contributed by atoms with Gasteiger partial charge in [-0.3, -0.25) is 9.78 Å². The van der Waals surface area contributed by atoms with Gasteiger partial charge in [0.2, 0.25) is 0 Å². The Kier molecular flexibility index (Phi) is 5.10. The molecule has 0 unspecified atom stereocenters. The topological polar surface area (TPSA) is 42.0 Å². The maximum absolute atomic E-state index is 12.0. The number of carbonyl (C=O) groups is 1. The monoisotopic (exact) mass is 382 g/mol. The van der Waals surface area contributed by atoms with E-state index in [1.807, 2.05) is 30.5 Å². The Morgan fingerprint density at radius 1 is 1.26 bits per heavy atom. The molecule has 98 valence electrons. The van der Waals surface area contributed by atoms with Crippen LogP contribution in [0.1, 0.15) is 15.9 Å². The van der Waals surface area contributed by atoms with E-state index < -0.39 is 0 Å². The van der Waals surface area contributed by atoms with Crippen LogP contribution < -0.4 is 5.32 Å². The molecular weight excluding hydrogens is 372 g/mol. The molecule has 0 radical (unpaired) electrons. The summed E-state index contributed by atoms with van der Waals surface area (Å²) in [7, 11) is 0. The van der Waals surface area contributed by atoms with Crippen LogP contribution in [0.4, 0.5) is 0 Å². The van der Waals surface area contributed by atoms with Crippen molar-refractivity contribution in [3.05, 3.63) is 62.8 Å². The summed E-state index contributed by atoms with van der Waals surface area (Å²) < 4.78 is 1.71. The number of amides is 1. The standard InChI is InChI=1S/C14H12Br2N2O/c15-11-3-4-12(13(16)8-11)14(19)18-7-5-10-2-1-6-17-9-10/h1-4,6,8-9H,5,7H2,(H,18,19). The van der Waals surface area contributed by atoms with E-state index in [1.165, 1.54) is 0 Å². The van der Waals surface area contributed by atoms with Gasteiger partial charge < -0.3 is 5.32 Å². The maximum Gasteiger partial charge on any atom is 0.252 e. The van der Waals surface area contributed by atoms with Gasteiger partial charge in [0.15, 0.2) is 0 Å². The molecule has 0 saturated heterocycles. The number of benzene rings is 1. The second kappa shape index (κ2) is 6.82. The zero-order valence-corrected chi connectivity index (χ0v) is 13.2. The Balaban J connectivity index is 1.91. The molecule has 5 heteroatoms. The second-order valence-corrected chi connectivity index (χ2v) is 5.76. The van der Waals surface area contributed by atoms with Crippen LogP contribution in [0.3, 0.4) is 0 Å². The zero-order chi connectivity index (χ0) is 13.7. The summed E-state index contributed by atoms with van der Waals surface area (Å²) in [4.78, 5) is 16.0. The molecule has 0 bridgehead atoms. The van der Waals surface area contributed by atoms with E-state index >= 15 is 0 Å². The maximum atomic E-state index is 12.0. The van der Waals surface area contributed by atoms with Gasteiger partial charge in [-0.2, -0.15) is 0 Å². The fraction of sp³-hybridized carbons (Fsp3) is 0.143. The minimum Gasteiger partial charge on any atom is -0.352 e. The molecule has 0 spiro atoms. The Morgan fingerprint density at radius 2 is 2.11 bits per heavy atom. The van der Waals surface area contributed by atoms with Gasteiger partial charge in [-0.1, -0.05) is 22.0 Å². The molecule has 19 heavy (non-hydrogen) atoms. The van der Waals surface area contributed by atoms with Crippen LogP contribution >= 0.6 is 31.9 Å². The van der Waals surface area contributed by atoms with E-state index in [1.54, 1.807) is 12.3 Å². The van der Waals surface area contributed by atoms with Crippen molar-refractivity contribution in [1.29, 1.82) is 0 Å². The largest absolute Gasteiger partial charge is 0.352 e. The first-order valence-electron chi connectivity index (χ1n) is 5.79. The Hall–Kier alpha value is -1.20. The fourth-order valence-corrected chi connectivity index (χ4v) is 2.86. The first kappa shape index (κ1) is 14.2. The van der Waals surface area contributed by atoms with Crippen molar-refractivity contribution in [1.82, 2.24) is 10.3 Å². The van der Waals surface area contributed by atoms with Crippen LogP contribution in [-0.4, -0.2) is 17.4 Å². The third-order valence-electron chi connectivity index (χ3n) is 2.60. The van der Waals surface area contributed by atoms with Gasteiger partial charge in [-0.05, 0) is 52.2 Å². The van der Waals surface area contributed by atoms with E-state index in [2.05, 4.69) is 42.2 Å².